The number of rotatable bonds is 10. The molecule has 1 rings (SSSR count). The summed E-state index contributed by atoms with van der Waals surface area (Å²) in [5, 5.41) is 6.05. The Morgan fingerprint density at radius 1 is 1.45 bits per heavy atom. The molecule has 1 aromatic rings. The summed E-state index contributed by atoms with van der Waals surface area (Å²) in [6.07, 6.45) is 2.13. The second-order valence-corrected chi connectivity index (χ2v) is 5.56. The van der Waals surface area contributed by atoms with E-state index < -0.39 is 0 Å². The maximum absolute atomic E-state index is 11.5. The van der Waals surface area contributed by atoms with Gasteiger partial charge in [0.2, 0.25) is 0 Å². The zero-order chi connectivity index (χ0) is 14.8. The number of hydrogen-bond donors (Lipinski definition) is 1. The van der Waals surface area contributed by atoms with Crippen LogP contribution in [0.4, 0.5) is 0 Å². The lowest BCUT2D eigenvalue weighted by Gasteiger charge is -2.07. The van der Waals surface area contributed by atoms with Crippen molar-refractivity contribution in [3.8, 4) is 0 Å². The maximum Gasteiger partial charge on any atom is 0.357 e. The molecule has 0 radical (unpaired) electrons. The molecule has 0 aliphatic rings. The minimum atomic E-state index is -0.339. The molecule has 0 aromatic carbocycles. The van der Waals surface area contributed by atoms with Crippen LogP contribution in [0, 0.1) is 0 Å². The first-order valence-electron chi connectivity index (χ1n) is 7.07. The highest BCUT2D eigenvalue weighted by molar-refractivity contribution is 7.09. The summed E-state index contributed by atoms with van der Waals surface area (Å²) >= 11 is 1.50. The van der Waals surface area contributed by atoms with E-state index >= 15 is 0 Å². The Hall–Kier alpha value is -0.980. The molecule has 0 bridgehead atoms. The lowest BCUT2D eigenvalue weighted by atomic mass is 10.4. The number of thiazole rings is 1. The summed E-state index contributed by atoms with van der Waals surface area (Å²) in [5.41, 5.74) is 0.414. The van der Waals surface area contributed by atoms with Gasteiger partial charge < -0.3 is 14.8 Å². The minimum Gasteiger partial charge on any atom is -0.461 e. The van der Waals surface area contributed by atoms with Crippen LogP contribution in [-0.2, 0) is 15.9 Å². The van der Waals surface area contributed by atoms with Crippen LogP contribution in [0.1, 0.15) is 42.7 Å². The van der Waals surface area contributed by atoms with Gasteiger partial charge in [0.25, 0.3) is 0 Å². The van der Waals surface area contributed by atoms with Gasteiger partial charge in [0.05, 0.1) is 17.7 Å². The molecule has 1 N–H and O–H groups in total. The maximum atomic E-state index is 11.5. The third kappa shape index (κ3) is 6.98. The Kier molecular flexibility index (Phi) is 8.41. The average molecular weight is 300 g/mol. The molecule has 0 fully saturated rings. The van der Waals surface area contributed by atoms with Gasteiger partial charge >= 0.3 is 5.97 Å². The number of carbonyl (C=O) groups excluding carboxylic acids is 1. The fourth-order valence-corrected chi connectivity index (χ4v) is 2.33. The summed E-state index contributed by atoms with van der Waals surface area (Å²) in [5.74, 6) is -0.339. The molecule has 0 saturated carbocycles. The number of hydrogen-bond acceptors (Lipinski definition) is 6. The molecule has 0 saturated heterocycles. The first kappa shape index (κ1) is 17.1. The number of carbonyl (C=O) groups is 1. The van der Waals surface area contributed by atoms with Gasteiger partial charge in [-0.25, -0.2) is 9.78 Å². The average Bonchev–Trinajstić information content (AvgIpc) is 2.86. The van der Waals surface area contributed by atoms with Gasteiger partial charge in [0.15, 0.2) is 5.69 Å². The van der Waals surface area contributed by atoms with Crippen molar-refractivity contribution < 1.29 is 14.3 Å². The van der Waals surface area contributed by atoms with Crippen molar-refractivity contribution in [1.29, 1.82) is 0 Å². The number of nitrogens with one attached hydrogen (secondary N) is 1. The van der Waals surface area contributed by atoms with Crippen LogP contribution in [0.2, 0.25) is 0 Å². The van der Waals surface area contributed by atoms with Crippen LogP contribution in [0.3, 0.4) is 0 Å². The van der Waals surface area contributed by atoms with Crippen molar-refractivity contribution in [1.82, 2.24) is 10.3 Å². The quantitative estimate of drug-likeness (QED) is 0.530. The second kappa shape index (κ2) is 9.85. The zero-order valence-corrected chi connectivity index (χ0v) is 13.3. The molecule has 0 aliphatic carbocycles. The van der Waals surface area contributed by atoms with Crippen LogP contribution in [-0.4, -0.2) is 43.4 Å². The molecular formula is C14H24N2O3S. The summed E-state index contributed by atoms with van der Waals surface area (Å²) in [6.45, 7) is 8.83. The standard InChI is InChI=1S/C14H24N2O3S/c1-4-18-14(17)12-10-20-13(16-12)6-8-15-7-5-9-19-11(2)3/h10-11,15H,4-9H2,1-3H3. The van der Waals surface area contributed by atoms with Gasteiger partial charge in [-0.1, -0.05) is 0 Å². The van der Waals surface area contributed by atoms with Gasteiger partial charge in [-0.05, 0) is 33.7 Å². The Balaban J connectivity index is 2.12. The van der Waals surface area contributed by atoms with E-state index in [1.165, 1.54) is 11.3 Å². The molecule has 0 spiro atoms. The fourth-order valence-electron chi connectivity index (χ4n) is 1.56. The summed E-state index contributed by atoms with van der Waals surface area (Å²) in [6, 6.07) is 0. The van der Waals surface area contributed by atoms with Crippen LogP contribution in [0.25, 0.3) is 0 Å². The van der Waals surface area contributed by atoms with Crippen molar-refractivity contribution >= 4 is 17.3 Å². The van der Waals surface area contributed by atoms with Crippen molar-refractivity contribution in [3.05, 3.63) is 16.1 Å². The van der Waals surface area contributed by atoms with Crippen LogP contribution >= 0.6 is 11.3 Å². The number of esters is 1. The smallest absolute Gasteiger partial charge is 0.357 e. The van der Waals surface area contributed by atoms with E-state index in [0.29, 0.717) is 18.4 Å². The predicted molar refractivity (Wildman–Crippen MR) is 80.3 cm³/mol. The van der Waals surface area contributed by atoms with E-state index in [1.54, 1.807) is 12.3 Å². The van der Waals surface area contributed by atoms with Crippen LogP contribution in [0.15, 0.2) is 5.38 Å². The van der Waals surface area contributed by atoms with Gasteiger partial charge in [0.1, 0.15) is 0 Å². The van der Waals surface area contributed by atoms with E-state index in [9.17, 15) is 4.79 Å². The lowest BCUT2D eigenvalue weighted by molar-refractivity contribution is 0.0520. The zero-order valence-electron chi connectivity index (χ0n) is 12.5. The highest BCUT2D eigenvalue weighted by Gasteiger charge is 2.10. The van der Waals surface area contributed by atoms with Crippen LogP contribution < -0.4 is 5.32 Å². The molecule has 0 atom stereocenters. The number of aromatic nitrogens is 1. The van der Waals surface area contributed by atoms with Crippen molar-refractivity contribution in [2.45, 2.75) is 39.7 Å². The minimum absolute atomic E-state index is 0.298. The molecule has 1 heterocycles. The molecule has 20 heavy (non-hydrogen) atoms. The molecule has 114 valence electrons. The first-order chi connectivity index (χ1) is 9.63. The van der Waals surface area contributed by atoms with E-state index in [-0.39, 0.29) is 5.97 Å². The summed E-state index contributed by atoms with van der Waals surface area (Å²) in [7, 11) is 0. The third-order valence-corrected chi connectivity index (χ3v) is 3.41. The Morgan fingerprint density at radius 2 is 2.25 bits per heavy atom. The lowest BCUT2D eigenvalue weighted by Crippen LogP contribution is -2.20. The second-order valence-electron chi connectivity index (χ2n) is 4.62. The Morgan fingerprint density at radius 3 is 2.95 bits per heavy atom. The highest BCUT2D eigenvalue weighted by atomic mass is 32.1. The largest absolute Gasteiger partial charge is 0.461 e. The normalized spacial score (nSPS) is 11.0. The van der Waals surface area contributed by atoms with E-state index in [1.807, 2.05) is 13.8 Å². The van der Waals surface area contributed by atoms with Gasteiger partial charge in [0, 0.05) is 25.0 Å². The van der Waals surface area contributed by atoms with Crippen molar-refractivity contribution in [2.75, 3.05) is 26.3 Å². The van der Waals surface area contributed by atoms with Crippen LogP contribution in [0.5, 0.6) is 0 Å². The molecule has 0 amide bonds. The highest BCUT2D eigenvalue weighted by Crippen LogP contribution is 2.11. The topological polar surface area (TPSA) is 60.5 Å². The van der Waals surface area contributed by atoms with Gasteiger partial charge in [-0.2, -0.15) is 0 Å². The number of nitrogens with zero attached hydrogens (tertiary/aromatic N) is 1. The van der Waals surface area contributed by atoms with Gasteiger partial charge in [-0.3, -0.25) is 0 Å². The monoisotopic (exact) mass is 300 g/mol. The predicted octanol–water partition coefficient (Wildman–Crippen LogP) is 2.27. The molecule has 6 heteroatoms. The molecule has 0 aliphatic heterocycles. The molecular weight excluding hydrogens is 276 g/mol. The summed E-state index contributed by atoms with van der Waals surface area (Å²) in [4.78, 5) is 15.7. The van der Waals surface area contributed by atoms with E-state index in [2.05, 4.69) is 10.3 Å². The Labute approximate surface area is 124 Å². The number of ether oxygens (including phenoxy) is 2. The van der Waals surface area contributed by atoms with E-state index in [0.717, 1.165) is 37.5 Å². The van der Waals surface area contributed by atoms with E-state index in [4.69, 9.17) is 9.47 Å². The van der Waals surface area contributed by atoms with Gasteiger partial charge in [-0.15, -0.1) is 11.3 Å². The summed E-state index contributed by atoms with van der Waals surface area (Å²) < 4.78 is 10.4. The molecule has 0 unspecified atom stereocenters. The van der Waals surface area contributed by atoms with Crippen molar-refractivity contribution in [2.24, 2.45) is 0 Å². The third-order valence-electron chi connectivity index (χ3n) is 2.50. The first-order valence-corrected chi connectivity index (χ1v) is 7.95. The molecule has 5 nitrogen and oxygen atoms in total. The Bertz CT molecular complexity index is 394. The fraction of sp³-hybridized carbons (Fsp3) is 0.714. The molecule has 1 aromatic heterocycles. The SMILES string of the molecule is CCOC(=O)c1csc(CCNCCCOC(C)C)n1. The van der Waals surface area contributed by atoms with Crippen molar-refractivity contribution in [3.63, 3.8) is 0 Å².